The molecule has 0 fully saturated rings. The molecule has 5 nitrogen and oxygen atoms in total. The summed E-state index contributed by atoms with van der Waals surface area (Å²) in [6.07, 6.45) is 4.29. The smallest absolute Gasteiger partial charge is 0.226 e. The van der Waals surface area contributed by atoms with Gasteiger partial charge in [0.15, 0.2) is 10.9 Å². The van der Waals surface area contributed by atoms with Crippen molar-refractivity contribution in [2.45, 2.75) is 12.8 Å². The molecule has 0 unspecified atom stereocenters. The van der Waals surface area contributed by atoms with Gasteiger partial charge in [0.25, 0.3) is 0 Å². The SMILES string of the molecule is O=C(CCc1ccccc1)Nc1nc(-c2ccco2)c(-c2ccco2)s1. The fourth-order valence-corrected chi connectivity index (χ4v) is 3.57. The minimum atomic E-state index is -0.0698. The lowest BCUT2D eigenvalue weighted by atomic mass is 10.1. The highest BCUT2D eigenvalue weighted by Gasteiger charge is 2.19. The first kappa shape index (κ1) is 16.4. The fraction of sp³-hybridized carbons (Fsp3) is 0.100. The average molecular weight is 364 g/mol. The molecule has 0 aliphatic carbocycles. The molecule has 0 spiro atoms. The Morgan fingerprint density at radius 2 is 1.69 bits per heavy atom. The molecule has 0 atom stereocenters. The molecule has 0 saturated heterocycles. The Bertz CT molecular complexity index is 922. The Morgan fingerprint density at radius 3 is 2.38 bits per heavy atom. The number of carbonyl (C=O) groups excluding carboxylic acids is 1. The molecular formula is C20H16N2O3S. The van der Waals surface area contributed by atoms with Crippen LogP contribution in [0, 0.1) is 0 Å². The molecule has 3 aromatic heterocycles. The number of rotatable bonds is 6. The zero-order valence-corrected chi connectivity index (χ0v) is 14.7. The summed E-state index contributed by atoms with van der Waals surface area (Å²) in [6, 6.07) is 17.3. The minimum absolute atomic E-state index is 0.0698. The van der Waals surface area contributed by atoms with Crippen molar-refractivity contribution in [1.82, 2.24) is 4.98 Å². The lowest BCUT2D eigenvalue weighted by Gasteiger charge is -2.02. The van der Waals surface area contributed by atoms with Crippen molar-refractivity contribution < 1.29 is 13.6 Å². The summed E-state index contributed by atoms with van der Waals surface area (Å²) in [4.78, 5) is 17.6. The summed E-state index contributed by atoms with van der Waals surface area (Å²) in [6.45, 7) is 0. The van der Waals surface area contributed by atoms with Crippen molar-refractivity contribution in [1.29, 1.82) is 0 Å². The van der Waals surface area contributed by atoms with E-state index >= 15 is 0 Å². The van der Waals surface area contributed by atoms with Crippen molar-refractivity contribution in [3.05, 3.63) is 72.7 Å². The van der Waals surface area contributed by atoms with Crippen molar-refractivity contribution in [2.75, 3.05) is 5.32 Å². The van der Waals surface area contributed by atoms with Crippen LogP contribution >= 0.6 is 11.3 Å². The number of amides is 1. The first-order valence-electron chi connectivity index (χ1n) is 8.22. The van der Waals surface area contributed by atoms with E-state index in [0.717, 1.165) is 10.4 Å². The number of carbonyl (C=O) groups is 1. The standard InChI is InChI=1S/C20H16N2O3S/c23-17(11-10-14-6-2-1-3-7-14)21-20-22-18(15-8-4-12-24-15)19(26-20)16-9-5-13-25-16/h1-9,12-13H,10-11H2,(H,21,22,23). The molecule has 3 heterocycles. The minimum Gasteiger partial charge on any atom is -0.463 e. The third-order valence-electron chi connectivity index (χ3n) is 3.86. The van der Waals surface area contributed by atoms with Crippen molar-refractivity contribution in [2.24, 2.45) is 0 Å². The average Bonchev–Trinajstić information content (AvgIpc) is 3.41. The summed E-state index contributed by atoms with van der Waals surface area (Å²) in [5.41, 5.74) is 1.79. The summed E-state index contributed by atoms with van der Waals surface area (Å²) in [5, 5.41) is 3.41. The van der Waals surface area contributed by atoms with Gasteiger partial charge in [-0.1, -0.05) is 41.7 Å². The van der Waals surface area contributed by atoms with Crippen LogP contribution in [-0.4, -0.2) is 10.9 Å². The van der Waals surface area contributed by atoms with Gasteiger partial charge in [-0.3, -0.25) is 4.79 Å². The van der Waals surface area contributed by atoms with E-state index in [0.29, 0.717) is 35.2 Å². The van der Waals surface area contributed by atoms with Gasteiger partial charge in [-0.05, 0) is 36.2 Å². The largest absolute Gasteiger partial charge is 0.463 e. The summed E-state index contributed by atoms with van der Waals surface area (Å²) in [7, 11) is 0. The second-order valence-electron chi connectivity index (χ2n) is 5.69. The number of thiazole rings is 1. The Morgan fingerprint density at radius 1 is 0.962 bits per heavy atom. The fourth-order valence-electron chi connectivity index (χ4n) is 2.61. The second kappa shape index (κ2) is 7.41. The van der Waals surface area contributed by atoms with Gasteiger partial charge in [-0.15, -0.1) is 0 Å². The number of hydrogen-bond acceptors (Lipinski definition) is 5. The molecule has 0 saturated carbocycles. The zero-order valence-electron chi connectivity index (χ0n) is 13.8. The van der Waals surface area contributed by atoms with Crippen molar-refractivity contribution >= 4 is 22.4 Å². The summed E-state index contributed by atoms with van der Waals surface area (Å²) >= 11 is 1.37. The topological polar surface area (TPSA) is 68.3 Å². The van der Waals surface area contributed by atoms with Gasteiger partial charge in [0.2, 0.25) is 5.91 Å². The van der Waals surface area contributed by atoms with Crippen LogP contribution in [0.3, 0.4) is 0 Å². The van der Waals surface area contributed by atoms with Crippen LogP contribution in [0.2, 0.25) is 0 Å². The highest BCUT2D eigenvalue weighted by molar-refractivity contribution is 7.19. The van der Waals surface area contributed by atoms with Gasteiger partial charge in [0.05, 0.1) is 12.5 Å². The molecule has 4 rings (SSSR count). The van der Waals surface area contributed by atoms with E-state index in [4.69, 9.17) is 8.83 Å². The maximum absolute atomic E-state index is 12.3. The quantitative estimate of drug-likeness (QED) is 0.508. The molecule has 0 bridgehead atoms. The normalized spacial score (nSPS) is 10.8. The number of furan rings is 2. The van der Waals surface area contributed by atoms with Crippen LogP contribution in [0.1, 0.15) is 12.0 Å². The predicted octanol–water partition coefficient (Wildman–Crippen LogP) is 5.23. The first-order chi connectivity index (χ1) is 12.8. The van der Waals surface area contributed by atoms with Crippen LogP contribution in [0.15, 0.2) is 76.0 Å². The summed E-state index contributed by atoms with van der Waals surface area (Å²) < 4.78 is 11.0. The molecular weight excluding hydrogens is 348 g/mol. The maximum Gasteiger partial charge on any atom is 0.226 e. The zero-order chi connectivity index (χ0) is 17.8. The highest BCUT2D eigenvalue weighted by atomic mass is 32.1. The second-order valence-corrected chi connectivity index (χ2v) is 6.68. The van der Waals surface area contributed by atoms with Crippen LogP contribution in [0.5, 0.6) is 0 Å². The molecule has 1 aromatic carbocycles. The number of nitrogens with one attached hydrogen (secondary N) is 1. The van der Waals surface area contributed by atoms with Gasteiger partial charge in [-0.25, -0.2) is 4.98 Å². The maximum atomic E-state index is 12.3. The Labute approximate surface area is 154 Å². The van der Waals surface area contributed by atoms with Crippen molar-refractivity contribution in [3.63, 3.8) is 0 Å². The van der Waals surface area contributed by atoms with Gasteiger partial charge in [0.1, 0.15) is 16.3 Å². The third-order valence-corrected chi connectivity index (χ3v) is 4.84. The molecule has 0 radical (unpaired) electrons. The Hall–Kier alpha value is -3.12. The number of hydrogen-bond donors (Lipinski definition) is 1. The van der Waals surface area contributed by atoms with Gasteiger partial charge >= 0.3 is 0 Å². The predicted molar refractivity (Wildman–Crippen MR) is 101 cm³/mol. The number of nitrogens with zero attached hydrogens (tertiary/aromatic N) is 1. The summed E-state index contributed by atoms with van der Waals surface area (Å²) in [5.74, 6) is 1.26. The van der Waals surface area contributed by atoms with Gasteiger partial charge < -0.3 is 14.2 Å². The van der Waals surface area contributed by atoms with Gasteiger partial charge in [0, 0.05) is 6.42 Å². The number of aryl methyl sites for hydroxylation is 1. The van der Waals surface area contributed by atoms with Crippen LogP contribution in [0.25, 0.3) is 22.1 Å². The number of benzene rings is 1. The lowest BCUT2D eigenvalue weighted by molar-refractivity contribution is -0.116. The van der Waals surface area contributed by atoms with E-state index < -0.39 is 0 Å². The molecule has 1 N–H and O–H groups in total. The van der Waals surface area contributed by atoms with Crippen LogP contribution in [-0.2, 0) is 11.2 Å². The molecule has 0 aliphatic heterocycles. The monoisotopic (exact) mass is 364 g/mol. The van der Waals surface area contributed by atoms with E-state index in [1.807, 2.05) is 48.5 Å². The van der Waals surface area contributed by atoms with E-state index in [1.165, 1.54) is 11.3 Å². The van der Waals surface area contributed by atoms with Gasteiger partial charge in [-0.2, -0.15) is 0 Å². The van der Waals surface area contributed by atoms with E-state index in [1.54, 1.807) is 18.6 Å². The molecule has 6 heteroatoms. The number of aromatic nitrogens is 1. The lowest BCUT2D eigenvalue weighted by Crippen LogP contribution is -2.12. The van der Waals surface area contributed by atoms with Crippen LogP contribution < -0.4 is 5.32 Å². The molecule has 4 aromatic rings. The van der Waals surface area contributed by atoms with E-state index in [9.17, 15) is 4.79 Å². The van der Waals surface area contributed by atoms with E-state index in [-0.39, 0.29) is 5.91 Å². The Kier molecular flexibility index (Phi) is 4.66. The first-order valence-corrected chi connectivity index (χ1v) is 9.03. The molecule has 26 heavy (non-hydrogen) atoms. The molecule has 1 amide bonds. The molecule has 130 valence electrons. The van der Waals surface area contributed by atoms with Crippen LogP contribution in [0.4, 0.5) is 5.13 Å². The highest BCUT2D eigenvalue weighted by Crippen LogP contribution is 2.39. The van der Waals surface area contributed by atoms with Crippen molar-refractivity contribution in [3.8, 4) is 22.1 Å². The Balaban J connectivity index is 1.52. The van der Waals surface area contributed by atoms with E-state index in [2.05, 4.69) is 10.3 Å². The number of anilines is 1. The molecule has 0 aliphatic rings. The third kappa shape index (κ3) is 3.60.